The highest BCUT2D eigenvalue weighted by atomic mass is 32.2. The summed E-state index contributed by atoms with van der Waals surface area (Å²) in [5, 5.41) is 15.5. The lowest BCUT2D eigenvalue weighted by atomic mass is 10.1. The molecule has 0 aliphatic rings. The van der Waals surface area contributed by atoms with Crippen molar-refractivity contribution in [1.82, 2.24) is 19.9 Å². The molecule has 3 heterocycles. The number of nitrogens with one attached hydrogen (secondary N) is 1. The summed E-state index contributed by atoms with van der Waals surface area (Å²) in [5.41, 5.74) is 3.04. The SMILES string of the molecule is Cc1cc2nnc(SCC(=O)NCCc3cccs3)n2c2ccccc12. The van der Waals surface area contributed by atoms with Crippen LogP contribution in [0.1, 0.15) is 10.4 Å². The van der Waals surface area contributed by atoms with Gasteiger partial charge >= 0.3 is 0 Å². The molecule has 4 rings (SSSR count). The Balaban J connectivity index is 1.46. The van der Waals surface area contributed by atoms with Crippen LogP contribution in [0.4, 0.5) is 0 Å². The standard InChI is InChI=1S/C19H18N4OS2/c1-13-11-17-21-22-19(23(17)16-7-3-2-6-15(13)16)26-12-18(24)20-9-8-14-5-4-10-25-14/h2-7,10-11H,8-9,12H2,1H3,(H,20,24). The predicted molar refractivity (Wildman–Crippen MR) is 107 cm³/mol. The number of thiophene rings is 1. The summed E-state index contributed by atoms with van der Waals surface area (Å²) >= 11 is 3.12. The molecule has 0 radical (unpaired) electrons. The fraction of sp³-hybridized carbons (Fsp3) is 0.211. The lowest BCUT2D eigenvalue weighted by Gasteiger charge is -2.07. The third-order valence-corrected chi connectivity index (χ3v) is 6.04. The van der Waals surface area contributed by atoms with Crippen LogP contribution in [0.2, 0.25) is 0 Å². The molecule has 0 aliphatic carbocycles. The molecule has 0 spiro atoms. The third kappa shape index (κ3) is 3.45. The van der Waals surface area contributed by atoms with Gasteiger partial charge in [0.1, 0.15) is 0 Å². The van der Waals surface area contributed by atoms with Crippen molar-refractivity contribution in [3.63, 3.8) is 0 Å². The zero-order valence-electron chi connectivity index (χ0n) is 14.3. The molecule has 0 unspecified atom stereocenters. The molecule has 5 nitrogen and oxygen atoms in total. The molecule has 3 aromatic heterocycles. The Morgan fingerprint density at radius 1 is 1.23 bits per heavy atom. The molecule has 0 saturated carbocycles. The topological polar surface area (TPSA) is 59.3 Å². The van der Waals surface area contributed by atoms with Gasteiger partial charge in [-0.05, 0) is 42.5 Å². The van der Waals surface area contributed by atoms with Crippen molar-refractivity contribution in [1.29, 1.82) is 0 Å². The van der Waals surface area contributed by atoms with E-state index in [-0.39, 0.29) is 5.91 Å². The normalized spacial score (nSPS) is 11.3. The van der Waals surface area contributed by atoms with Crippen molar-refractivity contribution in [3.05, 3.63) is 58.3 Å². The molecule has 0 fully saturated rings. The number of carbonyl (C=O) groups is 1. The van der Waals surface area contributed by atoms with Gasteiger partial charge in [-0.25, -0.2) is 0 Å². The first kappa shape index (κ1) is 17.1. The second-order valence-electron chi connectivity index (χ2n) is 5.99. The van der Waals surface area contributed by atoms with E-state index in [9.17, 15) is 4.79 Å². The van der Waals surface area contributed by atoms with Crippen LogP contribution in [0.15, 0.2) is 53.0 Å². The molecule has 0 bridgehead atoms. The number of hydrogen-bond acceptors (Lipinski definition) is 5. The van der Waals surface area contributed by atoms with Gasteiger partial charge in [0.2, 0.25) is 5.91 Å². The van der Waals surface area contributed by atoms with Gasteiger partial charge in [-0.15, -0.1) is 21.5 Å². The van der Waals surface area contributed by atoms with Crippen LogP contribution in [0, 0.1) is 6.92 Å². The van der Waals surface area contributed by atoms with Crippen LogP contribution in [-0.2, 0) is 11.2 Å². The minimum Gasteiger partial charge on any atom is -0.355 e. The number of para-hydroxylation sites is 1. The summed E-state index contributed by atoms with van der Waals surface area (Å²) in [6.07, 6.45) is 0.867. The number of amides is 1. The fourth-order valence-corrected chi connectivity index (χ4v) is 4.42. The third-order valence-electron chi connectivity index (χ3n) is 4.18. The largest absolute Gasteiger partial charge is 0.355 e. The molecule has 0 atom stereocenters. The van der Waals surface area contributed by atoms with Crippen LogP contribution in [0.3, 0.4) is 0 Å². The molecular formula is C19H18N4OS2. The summed E-state index contributed by atoms with van der Waals surface area (Å²) < 4.78 is 2.02. The van der Waals surface area contributed by atoms with Gasteiger partial charge in [0.15, 0.2) is 10.8 Å². The summed E-state index contributed by atoms with van der Waals surface area (Å²) in [5.74, 6) is 0.340. The number of benzene rings is 1. The molecule has 132 valence electrons. The highest BCUT2D eigenvalue weighted by molar-refractivity contribution is 7.99. The van der Waals surface area contributed by atoms with Gasteiger partial charge < -0.3 is 5.32 Å². The summed E-state index contributed by atoms with van der Waals surface area (Å²) in [6, 6.07) is 14.3. The number of aromatic nitrogens is 3. The van der Waals surface area contributed by atoms with Crippen molar-refractivity contribution in [2.24, 2.45) is 0 Å². The highest BCUT2D eigenvalue weighted by Gasteiger charge is 2.12. The number of rotatable bonds is 6. The summed E-state index contributed by atoms with van der Waals surface area (Å²) in [4.78, 5) is 13.4. The highest BCUT2D eigenvalue weighted by Crippen LogP contribution is 2.25. The minimum absolute atomic E-state index is 0.0136. The molecule has 0 saturated heterocycles. The molecule has 1 amide bonds. The van der Waals surface area contributed by atoms with Crippen molar-refractivity contribution in [2.45, 2.75) is 18.5 Å². The van der Waals surface area contributed by atoms with E-state index < -0.39 is 0 Å². The van der Waals surface area contributed by atoms with Gasteiger partial charge in [0.05, 0.1) is 11.3 Å². The maximum Gasteiger partial charge on any atom is 0.230 e. The Labute approximate surface area is 159 Å². The average Bonchev–Trinajstić information content (AvgIpc) is 3.30. The maximum absolute atomic E-state index is 12.1. The Kier molecular flexibility index (Phi) is 4.90. The van der Waals surface area contributed by atoms with Crippen LogP contribution < -0.4 is 5.32 Å². The zero-order valence-corrected chi connectivity index (χ0v) is 15.9. The molecule has 1 N–H and O–H groups in total. The number of pyridine rings is 1. The van der Waals surface area contributed by atoms with Gasteiger partial charge in [-0.1, -0.05) is 36.0 Å². The first-order chi connectivity index (χ1) is 12.7. The Morgan fingerprint density at radius 3 is 2.96 bits per heavy atom. The number of nitrogens with zero attached hydrogens (tertiary/aromatic N) is 3. The van der Waals surface area contributed by atoms with Crippen molar-refractivity contribution in [3.8, 4) is 0 Å². The van der Waals surface area contributed by atoms with E-state index in [0.29, 0.717) is 12.3 Å². The maximum atomic E-state index is 12.1. The van der Waals surface area contributed by atoms with Gasteiger partial charge in [0, 0.05) is 16.8 Å². The molecule has 1 aromatic carbocycles. The lowest BCUT2D eigenvalue weighted by molar-refractivity contribution is -0.118. The lowest BCUT2D eigenvalue weighted by Crippen LogP contribution is -2.27. The van der Waals surface area contributed by atoms with E-state index in [1.807, 2.05) is 28.7 Å². The average molecular weight is 383 g/mol. The van der Waals surface area contributed by atoms with Crippen molar-refractivity contribution in [2.75, 3.05) is 12.3 Å². The number of hydrogen-bond donors (Lipinski definition) is 1. The van der Waals surface area contributed by atoms with Crippen LogP contribution in [-0.4, -0.2) is 32.8 Å². The van der Waals surface area contributed by atoms with E-state index in [1.54, 1.807) is 11.3 Å². The van der Waals surface area contributed by atoms with E-state index >= 15 is 0 Å². The Bertz CT molecular complexity index is 1060. The first-order valence-corrected chi connectivity index (χ1v) is 10.2. The Morgan fingerprint density at radius 2 is 2.12 bits per heavy atom. The monoisotopic (exact) mass is 382 g/mol. The van der Waals surface area contributed by atoms with Gasteiger partial charge in [-0.2, -0.15) is 0 Å². The van der Waals surface area contributed by atoms with Crippen molar-refractivity contribution < 1.29 is 4.79 Å². The second-order valence-corrected chi connectivity index (χ2v) is 7.96. The van der Waals surface area contributed by atoms with Gasteiger partial charge in [-0.3, -0.25) is 9.20 Å². The fourth-order valence-electron chi connectivity index (χ4n) is 2.93. The smallest absolute Gasteiger partial charge is 0.230 e. The van der Waals surface area contributed by atoms with E-state index in [4.69, 9.17) is 0 Å². The minimum atomic E-state index is 0.0136. The van der Waals surface area contributed by atoms with Crippen LogP contribution >= 0.6 is 23.1 Å². The second kappa shape index (κ2) is 7.47. The predicted octanol–water partition coefficient (Wildman–Crippen LogP) is 3.70. The molecular weight excluding hydrogens is 364 g/mol. The quantitative estimate of drug-likeness (QED) is 0.517. The molecule has 26 heavy (non-hydrogen) atoms. The number of carbonyl (C=O) groups excluding carboxylic acids is 1. The molecule has 0 aliphatic heterocycles. The summed E-state index contributed by atoms with van der Waals surface area (Å²) in [7, 11) is 0. The van der Waals surface area contributed by atoms with Crippen LogP contribution in [0.25, 0.3) is 16.6 Å². The number of fused-ring (bicyclic) bond motifs is 3. The Hall–Kier alpha value is -2.38. The van der Waals surface area contributed by atoms with Gasteiger partial charge in [0.25, 0.3) is 0 Å². The first-order valence-electron chi connectivity index (χ1n) is 8.38. The van der Waals surface area contributed by atoms with E-state index in [1.165, 1.54) is 27.6 Å². The summed E-state index contributed by atoms with van der Waals surface area (Å²) in [6.45, 7) is 2.73. The van der Waals surface area contributed by atoms with Crippen LogP contribution in [0.5, 0.6) is 0 Å². The van der Waals surface area contributed by atoms with E-state index in [2.05, 4.69) is 46.0 Å². The van der Waals surface area contributed by atoms with Crippen molar-refractivity contribution >= 4 is 45.6 Å². The number of thioether (sulfide) groups is 1. The molecule has 4 aromatic rings. The molecule has 7 heteroatoms. The van der Waals surface area contributed by atoms with E-state index in [0.717, 1.165) is 22.7 Å². The number of aryl methyl sites for hydroxylation is 1. The zero-order chi connectivity index (χ0) is 17.9.